The average Bonchev–Trinajstić information content (AvgIpc) is 3.40. The van der Waals surface area contributed by atoms with E-state index in [0.717, 1.165) is 15.5 Å². The van der Waals surface area contributed by atoms with Crippen LogP contribution in [-0.4, -0.2) is 20.3 Å². The molecule has 10 heteroatoms. The second-order valence-electron chi connectivity index (χ2n) is 5.17. The van der Waals surface area contributed by atoms with Crippen molar-refractivity contribution in [2.45, 2.75) is 16.6 Å². The summed E-state index contributed by atoms with van der Waals surface area (Å²) in [7, 11) is 0. The summed E-state index contributed by atoms with van der Waals surface area (Å²) in [6.07, 6.45) is 0. The first-order valence-corrected chi connectivity index (χ1v) is 10.3. The van der Waals surface area contributed by atoms with Crippen LogP contribution in [0, 0.1) is 5.82 Å². The lowest BCUT2D eigenvalue weighted by Crippen LogP contribution is -1.98. The molecule has 132 valence electrons. The summed E-state index contributed by atoms with van der Waals surface area (Å²) in [4.78, 5) is 4.38. The van der Waals surface area contributed by atoms with Gasteiger partial charge in [-0.15, -0.1) is 10.2 Å². The molecule has 26 heavy (non-hydrogen) atoms. The number of hydrogen-bond donors (Lipinski definition) is 1. The molecule has 0 aliphatic heterocycles. The molecular formula is C16H12FN5OS3. The molecule has 0 spiro atoms. The molecule has 0 fully saturated rings. The van der Waals surface area contributed by atoms with E-state index in [1.807, 2.05) is 16.8 Å². The highest BCUT2D eigenvalue weighted by atomic mass is 32.2. The molecule has 0 bridgehead atoms. The number of aromatic nitrogens is 4. The van der Waals surface area contributed by atoms with E-state index in [4.69, 9.17) is 4.52 Å². The number of thioether (sulfide) groups is 1. The molecule has 1 aromatic carbocycles. The minimum absolute atomic E-state index is 0.244. The van der Waals surface area contributed by atoms with Gasteiger partial charge in [0.25, 0.3) is 5.89 Å². The predicted molar refractivity (Wildman–Crippen MR) is 101 cm³/mol. The van der Waals surface area contributed by atoms with Crippen molar-refractivity contribution in [2.75, 3.05) is 5.32 Å². The lowest BCUT2D eigenvalue weighted by atomic mass is 10.2. The number of hydrogen-bond acceptors (Lipinski definition) is 9. The van der Waals surface area contributed by atoms with Crippen LogP contribution >= 0.6 is 34.4 Å². The van der Waals surface area contributed by atoms with E-state index in [0.29, 0.717) is 29.1 Å². The monoisotopic (exact) mass is 405 g/mol. The van der Waals surface area contributed by atoms with Crippen LogP contribution in [0.3, 0.4) is 0 Å². The number of benzene rings is 1. The Morgan fingerprint density at radius 3 is 2.85 bits per heavy atom. The first-order chi connectivity index (χ1) is 12.8. The maximum atomic E-state index is 12.9. The number of anilines is 1. The van der Waals surface area contributed by atoms with Gasteiger partial charge in [0.1, 0.15) is 5.82 Å². The standard InChI is InChI=1S/C16H12FN5OS3/c17-12-3-1-10(2-4-12)7-18-15-20-21-16(26-15)25-9-13-19-14(23-22-13)11-5-6-24-8-11/h1-6,8H,7,9H2,(H,18,20). The lowest BCUT2D eigenvalue weighted by molar-refractivity contribution is 0.425. The Morgan fingerprint density at radius 1 is 1.15 bits per heavy atom. The molecule has 3 heterocycles. The van der Waals surface area contributed by atoms with Crippen molar-refractivity contribution in [3.05, 3.63) is 58.3 Å². The molecule has 0 aliphatic carbocycles. The fourth-order valence-electron chi connectivity index (χ4n) is 2.06. The maximum Gasteiger partial charge on any atom is 0.258 e. The van der Waals surface area contributed by atoms with Crippen LogP contribution in [0.15, 0.2) is 50.0 Å². The van der Waals surface area contributed by atoms with Gasteiger partial charge in [0.05, 0.1) is 11.3 Å². The maximum absolute atomic E-state index is 12.9. The van der Waals surface area contributed by atoms with Crippen LogP contribution in [0.25, 0.3) is 11.5 Å². The van der Waals surface area contributed by atoms with E-state index in [-0.39, 0.29) is 5.82 Å². The zero-order valence-corrected chi connectivity index (χ0v) is 15.7. The summed E-state index contributed by atoms with van der Waals surface area (Å²) >= 11 is 4.54. The third-order valence-electron chi connectivity index (χ3n) is 3.32. The van der Waals surface area contributed by atoms with E-state index < -0.39 is 0 Å². The Hall–Kier alpha value is -2.30. The quantitative estimate of drug-likeness (QED) is 0.447. The molecule has 0 saturated heterocycles. The molecule has 1 N–H and O–H groups in total. The lowest BCUT2D eigenvalue weighted by Gasteiger charge is -2.01. The number of rotatable bonds is 7. The molecule has 4 rings (SSSR count). The van der Waals surface area contributed by atoms with Gasteiger partial charge in [-0.25, -0.2) is 4.39 Å². The topological polar surface area (TPSA) is 76.7 Å². The predicted octanol–water partition coefficient (Wildman–Crippen LogP) is 4.69. The van der Waals surface area contributed by atoms with Gasteiger partial charge in [0, 0.05) is 11.9 Å². The van der Waals surface area contributed by atoms with Gasteiger partial charge in [0.15, 0.2) is 10.2 Å². The fourth-order valence-corrected chi connectivity index (χ4v) is 4.28. The van der Waals surface area contributed by atoms with Crippen molar-refractivity contribution in [1.82, 2.24) is 20.3 Å². The van der Waals surface area contributed by atoms with E-state index in [1.165, 1.54) is 35.2 Å². The Morgan fingerprint density at radius 2 is 2.04 bits per heavy atom. The van der Waals surface area contributed by atoms with Crippen molar-refractivity contribution in [3.63, 3.8) is 0 Å². The molecule has 0 amide bonds. The molecule has 0 atom stereocenters. The fraction of sp³-hybridized carbons (Fsp3) is 0.125. The number of thiophene rings is 1. The van der Waals surface area contributed by atoms with Crippen LogP contribution < -0.4 is 5.32 Å². The molecule has 6 nitrogen and oxygen atoms in total. The van der Waals surface area contributed by atoms with E-state index in [1.54, 1.807) is 23.5 Å². The Bertz CT molecular complexity index is 968. The van der Waals surface area contributed by atoms with E-state index in [9.17, 15) is 4.39 Å². The highest BCUT2D eigenvalue weighted by Gasteiger charge is 2.11. The van der Waals surface area contributed by atoms with E-state index in [2.05, 4.69) is 25.7 Å². The van der Waals surface area contributed by atoms with Crippen molar-refractivity contribution in [1.29, 1.82) is 0 Å². The highest BCUT2D eigenvalue weighted by molar-refractivity contribution is 8.00. The Labute approximate surface area is 160 Å². The van der Waals surface area contributed by atoms with Crippen molar-refractivity contribution >= 4 is 39.6 Å². The molecule has 4 aromatic rings. The van der Waals surface area contributed by atoms with Gasteiger partial charge in [-0.2, -0.15) is 16.3 Å². The summed E-state index contributed by atoms with van der Waals surface area (Å²) in [6, 6.07) is 8.29. The first kappa shape index (κ1) is 17.1. The van der Waals surface area contributed by atoms with Gasteiger partial charge in [0.2, 0.25) is 5.13 Å². The number of nitrogens with zero attached hydrogens (tertiary/aromatic N) is 4. The highest BCUT2D eigenvalue weighted by Crippen LogP contribution is 2.28. The van der Waals surface area contributed by atoms with Gasteiger partial charge in [-0.1, -0.05) is 40.4 Å². The van der Waals surface area contributed by atoms with Crippen LogP contribution in [0.2, 0.25) is 0 Å². The van der Waals surface area contributed by atoms with Crippen molar-refractivity contribution in [3.8, 4) is 11.5 Å². The summed E-state index contributed by atoms with van der Waals surface area (Å²) in [5, 5.41) is 20.1. The largest absolute Gasteiger partial charge is 0.356 e. The van der Waals surface area contributed by atoms with Crippen LogP contribution in [0.4, 0.5) is 9.52 Å². The SMILES string of the molecule is Fc1ccc(CNc2nnc(SCc3noc(-c4ccsc4)n3)s2)cc1. The summed E-state index contributed by atoms with van der Waals surface area (Å²) in [5.41, 5.74) is 1.91. The minimum atomic E-state index is -0.244. The van der Waals surface area contributed by atoms with Crippen molar-refractivity contribution < 1.29 is 8.91 Å². The second kappa shape index (κ2) is 7.94. The minimum Gasteiger partial charge on any atom is -0.356 e. The van der Waals surface area contributed by atoms with Gasteiger partial charge in [-0.3, -0.25) is 0 Å². The average molecular weight is 406 g/mol. The molecule has 0 radical (unpaired) electrons. The zero-order valence-electron chi connectivity index (χ0n) is 13.3. The second-order valence-corrected chi connectivity index (χ2v) is 8.15. The van der Waals surface area contributed by atoms with Gasteiger partial charge >= 0.3 is 0 Å². The molecular weight excluding hydrogens is 393 g/mol. The number of nitrogens with one attached hydrogen (secondary N) is 1. The Balaban J connectivity index is 1.30. The molecule has 0 saturated carbocycles. The normalized spacial score (nSPS) is 11.0. The molecule has 0 unspecified atom stereocenters. The number of halogens is 1. The smallest absolute Gasteiger partial charge is 0.258 e. The van der Waals surface area contributed by atoms with Gasteiger partial charge < -0.3 is 9.84 Å². The Kier molecular flexibility index (Phi) is 5.23. The summed E-state index contributed by atoms with van der Waals surface area (Å²) in [6.45, 7) is 0.564. The molecule has 3 aromatic heterocycles. The van der Waals surface area contributed by atoms with Crippen LogP contribution in [-0.2, 0) is 12.3 Å². The zero-order chi connectivity index (χ0) is 17.8. The van der Waals surface area contributed by atoms with Crippen molar-refractivity contribution in [2.24, 2.45) is 0 Å². The summed E-state index contributed by atoms with van der Waals surface area (Å²) in [5.74, 6) is 1.46. The summed E-state index contributed by atoms with van der Waals surface area (Å²) < 4.78 is 19.0. The van der Waals surface area contributed by atoms with E-state index >= 15 is 0 Å². The molecule has 0 aliphatic rings. The van der Waals surface area contributed by atoms with Crippen LogP contribution in [0.5, 0.6) is 0 Å². The first-order valence-electron chi connectivity index (χ1n) is 7.56. The third-order valence-corrected chi connectivity index (χ3v) is 6.02. The third kappa shape index (κ3) is 4.26. The van der Waals surface area contributed by atoms with Gasteiger partial charge in [-0.05, 0) is 29.1 Å². The van der Waals surface area contributed by atoms with Crippen LogP contribution in [0.1, 0.15) is 11.4 Å².